The Balaban J connectivity index is 2.12. The maximum atomic E-state index is 13.4. The summed E-state index contributed by atoms with van der Waals surface area (Å²) in [6.45, 7) is 0.933. The molecule has 0 fully saturated rings. The standard InChI is InChI=1S/C13H12F2N2O4S/c1-8-11(6-17(2)22(19,20)16-8)13(18)21-7-9-3-4-10(14)5-12(9)15/h3-6H,7H2,1-2H3. The number of esters is 1. The molecule has 1 aromatic rings. The lowest BCUT2D eigenvalue weighted by atomic mass is 10.2. The molecule has 0 saturated carbocycles. The fourth-order valence-corrected chi connectivity index (χ4v) is 2.50. The van der Waals surface area contributed by atoms with Crippen molar-refractivity contribution in [3.8, 4) is 0 Å². The smallest absolute Gasteiger partial charge is 0.344 e. The Morgan fingerprint density at radius 1 is 1.36 bits per heavy atom. The topological polar surface area (TPSA) is 76.0 Å². The molecule has 2 rings (SSSR count). The van der Waals surface area contributed by atoms with Crippen LogP contribution in [-0.2, 0) is 26.3 Å². The first-order chi connectivity index (χ1) is 10.2. The van der Waals surface area contributed by atoms with Gasteiger partial charge in [0, 0.05) is 24.9 Å². The molecule has 9 heteroatoms. The third-order valence-corrected chi connectivity index (χ3v) is 4.25. The average Bonchev–Trinajstić information content (AvgIpc) is 2.41. The molecule has 1 aromatic carbocycles. The van der Waals surface area contributed by atoms with Crippen LogP contribution in [-0.4, -0.2) is 31.5 Å². The van der Waals surface area contributed by atoms with Gasteiger partial charge in [0.15, 0.2) is 0 Å². The minimum atomic E-state index is -3.82. The Bertz CT molecular complexity index is 787. The molecule has 0 spiro atoms. The van der Waals surface area contributed by atoms with Gasteiger partial charge in [-0.15, -0.1) is 4.40 Å². The number of halogens is 2. The second kappa shape index (κ2) is 5.84. The van der Waals surface area contributed by atoms with E-state index in [4.69, 9.17) is 4.74 Å². The van der Waals surface area contributed by atoms with Crippen LogP contribution in [0.4, 0.5) is 8.78 Å². The van der Waals surface area contributed by atoms with Gasteiger partial charge in [-0.1, -0.05) is 0 Å². The lowest BCUT2D eigenvalue weighted by molar-refractivity contribution is -0.139. The molecule has 0 N–H and O–H groups in total. The summed E-state index contributed by atoms with van der Waals surface area (Å²) in [6, 6.07) is 2.88. The van der Waals surface area contributed by atoms with Gasteiger partial charge in [-0.25, -0.2) is 13.6 Å². The molecular weight excluding hydrogens is 318 g/mol. The summed E-state index contributed by atoms with van der Waals surface area (Å²) in [5.41, 5.74) is -0.0794. The van der Waals surface area contributed by atoms with Gasteiger partial charge in [0.05, 0.1) is 11.3 Å². The van der Waals surface area contributed by atoms with E-state index in [0.717, 1.165) is 22.6 Å². The second-order valence-corrected chi connectivity index (χ2v) is 6.18. The van der Waals surface area contributed by atoms with Gasteiger partial charge in [0.25, 0.3) is 0 Å². The Morgan fingerprint density at radius 3 is 2.68 bits per heavy atom. The first-order valence-electron chi connectivity index (χ1n) is 6.08. The number of benzene rings is 1. The zero-order valence-corrected chi connectivity index (χ0v) is 12.5. The molecule has 0 saturated heterocycles. The summed E-state index contributed by atoms with van der Waals surface area (Å²) in [5, 5.41) is 0. The van der Waals surface area contributed by atoms with Gasteiger partial charge in [-0.05, 0) is 19.1 Å². The molecule has 0 aromatic heterocycles. The maximum Gasteiger partial charge on any atom is 0.344 e. The maximum absolute atomic E-state index is 13.4. The van der Waals surface area contributed by atoms with E-state index in [9.17, 15) is 22.0 Å². The van der Waals surface area contributed by atoms with Crippen LogP contribution in [0.15, 0.2) is 34.4 Å². The van der Waals surface area contributed by atoms with E-state index in [2.05, 4.69) is 4.40 Å². The number of carbonyl (C=O) groups is 1. The third kappa shape index (κ3) is 3.30. The van der Waals surface area contributed by atoms with Gasteiger partial charge < -0.3 is 4.74 Å². The van der Waals surface area contributed by atoms with E-state index >= 15 is 0 Å². The van der Waals surface area contributed by atoms with Gasteiger partial charge in [0.1, 0.15) is 18.2 Å². The van der Waals surface area contributed by atoms with E-state index in [-0.39, 0.29) is 16.8 Å². The van der Waals surface area contributed by atoms with Crippen LogP contribution >= 0.6 is 0 Å². The Kier molecular flexibility index (Phi) is 4.27. The van der Waals surface area contributed by atoms with Crippen LogP contribution in [0.5, 0.6) is 0 Å². The van der Waals surface area contributed by atoms with E-state index < -0.39 is 34.4 Å². The van der Waals surface area contributed by atoms with E-state index in [1.807, 2.05) is 0 Å². The summed E-state index contributed by atoms with van der Waals surface area (Å²) in [7, 11) is -2.60. The van der Waals surface area contributed by atoms with Crippen molar-refractivity contribution in [3.05, 3.63) is 47.2 Å². The minimum Gasteiger partial charge on any atom is -0.457 e. The van der Waals surface area contributed by atoms with Crippen molar-refractivity contribution in [3.63, 3.8) is 0 Å². The monoisotopic (exact) mass is 330 g/mol. The van der Waals surface area contributed by atoms with Crippen molar-refractivity contribution in [2.24, 2.45) is 4.40 Å². The van der Waals surface area contributed by atoms with Crippen LogP contribution in [0.3, 0.4) is 0 Å². The van der Waals surface area contributed by atoms with Crippen molar-refractivity contribution in [2.75, 3.05) is 7.05 Å². The number of hydrogen-bond acceptors (Lipinski definition) is 4. The van der Waals surface area contributed by atoms with Crippen molar-refractivity contribution in [2.45, 2.75) is 13.5 Å². The second-order valence-electron chi connectivity index (χ2n) is 4.53. The molecule has 0 bridgehead atoms. The first-order valence-corrected chi connectivity index (χ1v) is 7.48. The summed E-state index contributed by atoms with van der Waals surface area (Å²) >= 11 is 0. The minimum absolute atomic E-state index is 0.00160. The predicted molar refractivity (Wildman–Crippen MR) is 74.0 cm³/mol. The third-order valence-electron chi connectivity index (χ3n) is 2.91. The molecule has 6 nitrogen and oxygen atoms in total. The number of nitrogens with zero attached hydrogens (tertiary/aromatic N) is 2. The fourth-order valence-electron chi connectivity index (χ4n) is 1.69. The predicted octanol–water partition coefficient (Wildman–Crippen LogP) is 1.54. The Morgan fingerprint density at radius 2 is 2.05 bits per heavy atom. The number of hydrogen-bond donors (Lipinski definition) is 0. The highest BCUT2D eigenvalue weighted by molar-refractivity contribution is 7.88. The number of carbonyl (C=O) groups excluding carboxylic acids is 1. The van der Waals surface area contributed by atoms with Crippen molar-refractivity contribution in [1.29, 1.82) is 0 Å². The van der Waals surface area contributed by atoms with Gasteiger partial charge in [0.2, 0.25) is 0 Å². The Hall–Kier alpha value is -2.29. The number of ether oxygens (including phenoxy) is 1. The van der Waals surface area contributed by atoms with Crippen LogP contribution in [0.25, 0.3) is 0 Å². The normalized spacial score (nSPS) is 16.8. The van der Waals surface area contributed by atoms with Gasteiger partial charge in [-0.3, -0.25) is 4.31 Å². The molecule has 118 valence electrons. The number of rotatable bonds is 3. The van der Waals surface area contributed by atoms with Crippen LogP contribution < -0.4 is 0 Å². The average molecular weight is 330 g/mol. The quantitative estimate of drug-likeness (QED) is 0.788. The molecule has 0 unspecified atom stereocenters. The largest absolute Gasteiger partial charge is 0.457 e. The molecule has 0 amide bonds. The lowest BCUT2D eigenvalue weighted by Gasteiger charge is -2.19. The van der Waals surface area contributed by atoms with Gasteiger partial charge in [-0.2, -0.15) is 8.42 Å². The van der Waals surface area contributed by atoms with E-state index in [1.165, 1.54) is 14.0 Å². The van der Waals surface area contributed by atoms with E-state index in [0.29, 0.717) is 6.07 Å². The molecule has 0 radical (unpaired) electrons. The summed E-state index contributed by atoms with van der Waals surface area (Å²) in [6.07, 6.45) is 1.07. The first kappa shape index (κ1) is 16.1. The molecule has 1 aliphatic heterocycles. The highest BCUT2D eigenvalue weighted by Crippen LogP contribution is 2.17. The molecule has 1 aliphatic rings. The molecular formula is C13H12F2N2O4S. The van der Waals surface area contributed by atoms with Crippen LogP contribution in [0.2, 0.25) is 0 Å². The van der Waals surface area contributed by atoms with Crippen molar-refractivity contribution in [1.82, 2.24) is 4.31 Å². The van der Waals surface area contributed by atoms with Gasteiger partial charge >= 0.3 is 16.2 Å². The van der Waals surface area contributed by atoms with Crippen molar-refractivity contribution < 1.29 is 26.7 Å². The highest BCUT2D eigenvalue weighted by atomic mass is 32.2. The zero-order chi connectivity index (χ0) is 16.5. The SMILES string of the molecule is CC1=NS(=O)(=O)N(C)C=C1C(=O)OCc1ccc(F)cc1F. The molecule has 22 heavy (non-hydrogen) atoms. The molecule has 0 atom stereocenters. The molecule has 1 heterocycles. The van der Waals surface area contributed by atoms with Crippen LogP contribution in [0, 0.1) is 11.6 Å². The summed E-state index contributed by atoms with van der Waals surface area (Å²) in [4.78, 5) is 11.9. The van der Waals surface area contributed by atoms with Crippen LogP contribution in [0.1, 0.15) is 12.5 Å². The highest BCUT2D eigenvalue weighted by Gasteiger charge is 2.26. The summed E-state index contributed by atoms with van der Waals surface area (Å²) < 4.78 is 58.2. The lowest BCUT2D eigenvalue weighted by Crippen LogP contribution is -2.29. The zero-order valence-electron chi connectivity index (χ0n) is 11.7. The molecule has 0 aliphatic carbocycles. The van der Waals surface area contributed by atoms with E-state index in [1.54, 1.807) is 0 Å². The Labute approximate surface area is 125 Å². The van der Waals surface area contributed by atoms with Crippen molar-refractivity contribution >= 4 is 21.9 Å². The fraction of sp³-hybridized carbons (Fsp3) is 0.231. The summed E-state index contributed by atoms with van der Waals surface area (Å²) in [5.74, 6) is -2.43.